The molecule has 54 heavy (non-hydrogen) atoms. The average Bonchev–Trinajstić information content (AvgIpc) is 3.82. The van der Waals surface area contributed by atoms with Crippen molar-refractivity contribution in [3.63, 3.8) is 0 Å². The summed E-state index contributed by atoms with van der Waals surface area (Å²) in [6.45, 7) is 0. The van der Waals surface area contributed by atoms with Gasteiger partial charge in [-0.3, -0.25) is 5.32 Å². The zero-order valence-corrected chi connectivity index (χ0v) is 30.0. The van der Waals surface area contributed by atoms with Gasteiger partial charge in [-0.1, -0.05) is 152 Å². The number of furan rings is 1. The SMILES string of the molecule is c1ccc(-c2cccc3c2oc2cccc(-c4ccccc4C4=NC(c5ccc6ccccc6c5)NC(c5ccc6c(c5)sc5ccccc56)N4)c23)cc1. The van der Waals surface area contributed by atoms with Gasteiger partial charge in [0, 0.05) is 42.1 Å². The second-order valence-electron chi connectivity index (χ2n) is 14.0. The Balaban J connectivity index is 1.07. The molecule has 11 rings (SSSR count). The topological polar surface area (TPSA) is 49.6 Å². The van der Waals surface area contributed by atoms with Crippen LogP contribution in [0.1, 0.15) is 29.0 Å². The third-order valence-electron chi connectivity index (χ3n) is 10.8. The largest absolute Gasteiger partial charge is 0.455 e. The van der Waals surface area contributed by atoms with Gasteiger partial charge < -0.3 is 9.73 Å². The van der Waals surface area contributed by atoms with Crippen LogP contribution in [0.4, 0.5) is 0 Å². The monoisotopic (exact) mass is 711 g/mol. The van der Waals surface area contributed by atoms with Gasteiger partial charge in [0.05, 0.1) is 0 Å². The van der Waals surface area contributed by atoms with Gasteiger partial charge in [-0.15, -0.1) is 11.3 Å². The average molecular weight is 712 g/mol. The summed E-state index contributed by atoms with van der Waals surface area (Å²) in [7, 11) is 0. The molecule has 0 saturated carbocycles. The molecule has 8 aromatic carbocycles. The van der Waals surface area contributed by atoms with Gasteiger partial charge in [0.1, 0.15) is 29.3 Å². The van der Waals surface area contributed by atoms with E-state index in [-0.39, 0.29) is 12.3 Å². The zero-order valence-electron chi connectivity index (χ0n) is 29.2. The van der Waals surface area contributed by atoms with Crippen molar-refractivity contribution in [2.24, 2.45) is 4.99 Å². The Labute approximate surface area is 316 Å². The van der Waals surface area contributed by atoms with Gasteiger partial charge in [0.25, 0.3) is 0 Å². The van der Waals surface area contributed by atoms with E-state index in [1.807, 2.05) is 17.4 Å². The van der Waals surface area contributed by atoms with Crippen molar-refractivity contribution in [2.75, 3.05) is 0 Å². The predicted molar refractivity (Wildman–Crippen MR) is 226 cm³/mol. The summed E-state index contributed by atoms with van der Waals surface area (Å²) in [4.78, 5) is 5.45. The van der Waals surface area contributed by atoms with Crippen LogP contribution in [0.15, 0.2) is 185 Å². The summed E-state index contributed by atoms with van der Waals surface area (Å²) in [5.41, 5.74) is 9.52. The van der Waals surface area contributed by atoms with Gasteiger partial charge in [0.2, 0.25) is 0 Å². The maximum Gasteiger partial charge on any atom is 0.143 e. The molecule has 0 amide bonds. The van der Waals surface area contributed by atoms with Crippen LogP contribution in [-0.4, -0.2) is 5.84 Å². The Hall–Kier alpha value is -6.53. The van der Waals surface area contributed by atoms with Gasteiger partial charge >= 0.3 is 0 Å². The number of nitrogens with zero attached hydrogens (tertiary/aromatic N) is 1. The molecule has 2 N–H and O–H groups in total. The third kappa shape index (κ3) is 5.12. The van der Waals surface area contributed by atoms with Crippen LogP contribution in [0, 0.1) is 0 Å². The number of para-hydroxylation sites is 1. The van der Waals surface area contributed by atoms with Crippen molar-refractivity contribution in [3.8, 4) is 22.3 Å². The van der Waals surface area contributed by atoms with Crippen molar-refractivity contribution in [2.45, 2.75) is 12.3 Å². The number of fused-ring (bicyclic) bond motifs is 7. The second kappa shape index (κ2) is 12.6. The summed E-state index contributed by atoms with van der Waals surface area (Å²) in [6, 6.07) is 62.6. The van der Waals surface area contributed by atoms with Crippen LogP contribution >= 0.6 is 11.3 Å². The Bertz CT molecular complexity index is 3090. The van der Waals surface area contributed by atoms with Gasteiger partial charge in [-0.2, -0.15) is 0 Å². The molecule has 3 heterocycles. The normalized spacial score (nSPS) is 16.0. The van der Waals surface area contributed by atoms with Crippen LogP contribution in [-0.2, 0) is 0 Å². The highest BCUT2D eigenvalue weighted by molar-refractivity contribution is 7.25. The lowest BCUT2D eigenvalue weighted by atomic mass is 9.93. The van der Waals surface area contributed by atoms with Gasteiger partial charge in [-0.25, -0.2) is 4.99 Å². The summed E-state index contributed by atoms with van der Waals surface area (Å²) in [5, 5.41) is 14.9. The number of rotatable bonds is 5. The standard InChI is InChI=1S/C49H33N3OS/c1-2-13-31(14-3-1)35-19-10-21-41-45-39(20-11-22-42(45)53-46(35)41)36-16-6-7-18-40(36)49-51-47(33-25-24-30-12-4-5-15-32(30)28-33)50-48(52-49)34-26-27-38-37-17-8-9-23-43(37)54-44(38)29-34/h1-29,47-48,50H,(H,51,52). The van der Waals surface area contributed by atoms with E-state index < -0.39 is 0 Å². The third-order valence-corrected chi connectivity index (χ3v) is 11.9. The van der Waals surface area contributed by atoms with Crippen molar-refractivity contribution in [3.05, 3.63) is 193 Å². The van der Waals surface area contributed by atoms with Gasteiger partial charge in [0.15, 0.2) is 0 Å². The smallest absolute Gasteiger partial charge is 0.143 e. The molecule has 0 aliphatic carbocycles. The van der Waals surface area contributed by atoms with E-state index in [9.17, 15) is 0 Å². The first-order valence-electron chi connectivity index (χ1n) is 18.3. The van der Waals surface area contributed by atoms with Crippen molar-refractivity contribution in [1.29, 1.82) is 0 Å². The van der Waals surface area contributed by atoms with Crippen LogP contribution < -0.4 is 10.6 Å². The fourth-order valence-electron chi connectivity index (χ4n) is 8.18. The Kier molecular flexibility index (Phi) is 7.22. The zero-order chi connectivity index (χ0) is 35.6. The predicted octanol–water partition coefficient (Wildman–Crippen LogP) is 12.8. The summed E-state index contributed by atoms with van der Waals surface area (Å²) < 4.78 is 9.25. The minimum atomic E-state index is -0.277. The lowest BCUT2D eigenvalue weighted by Crippen LogP contribution is -2.45. The van der Waals surface area contributed by atoms with Crippen LogP contribution in [0.3, 0.4) is 0 Å². The van der Waals surface area contributed by atoms with Crippen molar-refractivity contribution >= 4 is 70.1 Å². The number of thiophene rings is 1. The molecule has 0 spiro atoms. The van der Waals surface area contributed by atoms with E-state index in [4.69, 9.17) is 9.41 Å². The first-order valence-corrected chi connectivity index (χ1v) is 19.2. The second-order valence-corrected chi connectivity index (χ2v) is 15.0. The Morgan fingerprint density at radius 2 is 1.20 bits per heavy atom. The maximum absolute atomic E-state index is 6.67. The van der Waals surface area contributed by atoms with Gasteiger partial charge in [-0.05, 0) is 62.9 Å². The van der Waals surface area contributed by atoms with Crippen LogP contribution in [0.5, 0.6) is 0 Å². The van der Waals surface area contributed by atoms with Crippen LogP contribution in [0.25, 0.3) is 75.1 Å². The molecule has 2 atom stereocenters. The number of nitrogens with one attached hydrogen (secondary N) is 2. The van der Waals surface area contributed by atoms with E-state index in [2.05, 4.69) is 180 Å². The fourth-order valence-corrected chi connectivity index (χ4v) is 9.33. The first-order chi connectivity index (χ1) is 26.7. The molecule has 4 nitrogen and oxygen atoms in total. The van der Waals surface area contributed by atoms with Crippen molar-refractivity contribution in [1.82, 2.24) is 10.6 Å². The number of aliphatic imine (C=N–C) groups is 1. The molecule has 1 aliphatic rings. The molecule has 0 fully saturated rings. The fraction of sp³-hybridized carbons (Fsp3) is 0.0408. The first kappa shape index (κ1) is 31.0. The lowest BCUT2D eigenvalue weighted by molar-refractivity contribution is 0.409. The molecule has 0 bridgehead atoms. The molecule has 1 aliphatic heterocycles. The minimum absolute atomic E-state index is 0.185. The summed E-state index contributed by atoms with van der Waals surface area (Å²) >= 11 is 1.84. The minimum Gasteiger partial charge on any atom is -0.455 e. The summed E-state index contributed by atoms with van der Waals surface area (Å²) in [5.74, 6) is 0.846. The van der Waals surface area contributed by atoms with E-state index in [1.54, 1.807) is 0 Å². The van der Waals surface area contributed by atoms with E-state index in [0.29, 0.717) is 0 Å². The highest BCUT2D eigenvalue weighted by atomic mass is 32.1. The summed E-state index contributed by atoms with van der Waals surface area (Å²) in [6.07, 6.45) is -0.461. The van der Waals surface area contributed by atoms with E-state index in [0.717, 1.165) is 61.2 Å². The molecular weight excluding hydrogens is 679 g/mol. The maximum atomic E-state index is 6.67. The van der Waals surface area contributed by atoms with Crippen LogP contribution in [0.2, 0.25) is 0 Å². The molecule has 256 valence electrons. The van der Waals surface area contributed by atoms with Crippen molar-refractivity contribution < 1.29 is 4.42 Å². The number of hydrogen-bond donors (Lipinski definition) is 2. The number of hydrogen-bond acceptors (Lipinski definition) is 5. The lowest BCUT2D eigenvalue weighted by Gasteiger charge is -2.33. The van der Waals surface area contributed by atoms with E-state index >= 15 is 0 Å². The highest BCUT2D eigenvalue weighted by Gasteiger charge is 2.28. The van der Waals surface area contributed by atoms with E-state index in [1.165, 1.54) is 36.5 Å². The molecular formula is C49H33N3OS. The molecule has 0 saturated heterocycles. The highest BCUT2D eigenvalue weighted by Crippen LogP contribution is 2.42. The molecule has 5 heteroatoms. The Morgan fingerprint density at radius 3 is 2.13 bits per heavy atom. The molecule has 10 aromatic rings. The number of benzene rings is 8. The molecule has 2 aromatic heterocycles. The molecule has 2 unspecified atom stereocenters. The Morgan fingerprint density at radius 1 is 0.500 bits per heavy atom. The quantitative estimate of drug-likeness (QED) is 0.187. The number of amidine groups is 1. The molecule has 0 radical (unpaired) electrons.